The second-order valence-corrected chi connectivity index (χ2v) is 7.77. The summed E-state index contributed by atoms with van der Waals surface area (Å²) in [5.74, 6) is 2.12. The van der Waals surface area contributed by atoms with E-state index in [4.69, 9.17) is 14.2 Å². The lowest BCUT2D eigenvalue weighted by molar-refractivity contribution is 0.0946. The largest absolute Gasteiger partial charge is 0.454 e. The quantitative estimate of drug-likeness (QED) is 0.674. The number of nitrogens with one attached hydrogen (secondary N) is 1. The van der Waals surface area contributed by atoms with Crippen molar-refractivity contribution in [1.82, 2.24) is 15.3 Å². The lowest BCUT2D eigenvalue weighted by Gasteiger charge is -2.27. The molecule has 30 heavy (non-hydrogen) atoms. The third kappa shape index (κ3) is 3.94. The van der Waals surface area contributed by atoms with Crippen molar-refractivity contribution >= 4 is 23.1 Å². The van der Waals surface area contributed by atoms with Crippen LogP contribution in [-0.4, -0.2) is 49.0 Å². The van der Waals surface area contributed by atoms with Gasteiger partial charge in [0.2, 0.25) is 6.79 Å². The maximum Gasteiger partial charge on any atom is 0.271 e. The minimum absolute atomic E-state index is 0.211. The number of ether oxygens (including phenoxy) is 3. The van der Waals surface area contributed by atoms with Gasteiger partial charge in [-0.05, 0) is 29.8 Å². The minimum atomic E-state index is -0.211. The van der Waals surface area contributed by atoms with Crippen LogP contribution in [0.3, 0.4) is 0 Å². The van der Waals surface area contributed by atoms with Crippen LogP contribution in [0.4, 0.5) is 5.82 Å². The molecule has 154 valence electrons. The highest BCUT2D eigenvalue weighted by Crippen LogP contribution is 2.32. The maximum absolute atomic E-state index is 12.6. The fourth-order valence-electron chi connectivity index (χ4n) is 3.35. The number of amides is 1. The number of morpholine rings is 1. The van der Waals surface area contributed by atoms with E-state index >= 15 is 0 Å². The summed E-state index contributed by atoms with van der Waals surface area (Å²) in [6.07, 6.45) is 1.78. The number of benzene rings is 1. The lowest BCUT2D eigenvalue weighted by atomic mass is 10.2. The van der Waals surface area contributed by atoms with E-state index in [1.165, 1.54) is 11.3 Å². The fraction of sp³-hybridized carbons (Fsp3) is 0.286. The van der Waals surface area contributed by atoms with Crippen LogP contribution in [0.15, 0.2) is 41.9 Å². The summed E-state index contributed by atoms with van der Waals surface area (Å²) in [5.41, 5.74) is 2.29. The highest BCUT2D eigenvalue weighted by atomic mass is 32.1. The van der Waals surface area contributed by atoms with Crippen LogP contribution >= 0.6 is 11.3 Å². The summed E-state index contributed by atoms with van der Waals surface area (Å²) >= 11 is 1.44. The van der Waals surface area contributed by atoms with E-state index in [1.807, 2.05) is 30.3 Å². The number of aromatic nitrogens is 2. The van der Waals surface area contributed by atoms with Gasteiger partial charge in [0.25, 0.3) is 5.91 Å². The number of fused-ring (bicyclic) bond motifs is 1. The average Bonchev–Trinajstić information content (AvgIpc) is 3.48. The van der Waals surface area contributed by atoms with Gasteiger partial charge in [-0.2, -0.15) is 0 Å². The van der Waals surface area contributed by atoms with E-state index in [9.17, 15) is 4.79 Å². The summed E-state index contributed by atoms with van der Waals surface area (Å²) in [5, 5.41) is 5.48. The Morgan fingerprint density at radius 3 is 2.90 bits per heavy atom. The van der Waals surface area contributed by atoms with Crippen molar-refractivity contribution < 1.29 is 19.0 Å². The third-order valence-corrected chi connectivity index (χ3v) is 5.85. The monoisotopic (exact) mass is 424 g/mol. The van der Waals surface area contributed by atoms with Crippen LogP contribution in [-0.2, 0) is 11.3 Å². The zero-order valence-electron chi connectivity index (χ0n) is 16.2. The molecule has 5 rings (SSSR count). The molecule has 1 aromatic carbocycles. The molecular formula is C21H20N4O4S. The van der Waals surface area contributed by atoms with E-state index in [1.54, 1.807) is 11.6 Å². The molecule has 9 heteroatoms. The number of thiazole rings is 1. The molecular weight excluding hydrogens is 404 g/mol. The average molecular weight is 424 g/mol. The second kappa shape index (κ2) is 8.29. The smallest absolute Gasteiger partial charge is 0.271 e. The molecule has 0 spiro atoms. The molecule has 1 amide bonds. The molecule has 1 fully saturated rings. The van der Waals surface area contributed by atoms with Crippen molar-refractivity contribution in [3.05, 3.63) is 53.2 Å². The highest BCUT2D eigenvalue weighted by Gasteiger charge is 2.17. The van der Waals surface area contributed by atoms with Crippen molar-refractivity contribution in [2.24, 2.45) is 0 Å². The fourth-order valence-corrected chi connectivity index (χ4v) is 4.15. The molecule has 8 nitrogen and oxygen atoms in total. The van der Waals surface area contributed by atoms with Crippen LogP contribution < -0.4 is 19.7 Å². The molecule has 2 aliphatic heterocycles. The zero-order valence-corrected chi connectivity index (χ0v) is 17.0. The molecule has 2 aliphatic rings. The standard InChI is InChI=1S/C21H20N4O4S/c26-20(23-11-14-1-2-17-18(9-14)29-13-28-17)16-12-30-21(24-16)15-3-4-22-19(10-15)25-5-7-27-8-6-25/h1-4,9-10,12H,5-8,11,13H2,(H,23,26). The number of rotatable bonds is 5. The van der Waals surface area contributed by atoms with Gasteiger partial charge in [0.1, 0.15) is 16.5 Å². The van der Waals surface area contributed by atoms with Crippen molar-refractivity contribution in [3.63, 3.8) is 0 Å². The van der Waals surface area contributed by atoms with Gasteiger partial charge in [0.15, 0.2) is 11.5 Å². The van der Waals surface area contributed by atoms with Gasteiger partial charge in [-0.15, -0.1) is 11.3 Å². The Balaban J connectivity index is 1.25. The second-order valence-electron chi connectivity index (χ2n) is 6.91. The van der Waals surface area contributed by atoms with E-state index in [0.29, 0.717) is 31.2 Å². The topological polar surface area (TPSA) is 85.8 Å². The summed E-state index contributed by atoms with van der Waals surface area (Å²) in [4.78, 5) is 23.7. The van der Waals surface area contributed by atoms with Gasteiger partial charge in [0.05, 0.1) is 13.2 Å². The van der Waals surface area contributed by atoms with Crippen LogP contribution in [0.25, 0.3) is 10.6 Å². The molecule has 4 heterocycles. The maximum atomic E-state index is 12.6. The van der Waals surface area contributed by atoms with E-state index in [0.717, 1.165) is 40.8 Å². The third-order valence-electron chi connectivity index (χ3n) is 4.95. The predicted molar refractivity (Wildman–Crippen MR) is 112 cm³/mol. The Hall–Kier alpha value is -3.17. The first-order valence-corrected chi connectivity index (χ1v) is 10.6. The summed E-state index contributed by atoms with van der Waals surface area (Å²) in [6.45, 7) is 3.67. The summed E-state index contributed by atoms with van der Waals surface area (Å²) in [6, 6.07) is 9.55. The minimum Gasteiger partial charge on any atom is -0.454 e. The Morgan fingerprint density at radius 2 is 2.00 bits per heavy atom. The summed E-state index contributed by atoms with van der Waals surface area (Å²) < 4.78 is 16.1. The number of carbonyl (C=O) groups excluding carboxylic acids is 1. The van der Waals surface area contributed by atoms with Gasteiger partial charge < -0.3 is 24.4 Å². The van der Waals surface area contributed by atoms with Crippen molar-refractivity contribution in [2.45, 2.75) is 6.54 Å². The number of hydrogen-bond acceptors (Lipinski definition) is 8. The zero-order chi connectivity index (χ0) is 20.3. The predicted octanol–water partition coefficient (Wildman–Crippen LogP) is 2.70. The van der Waals surface area contributed by atoms with Gasteiger partial charge in [-0.25, -0.2) is 9.97 Å². The first kappa shape index (κ1) is 18.8. The SMILES string of the molecule is O=C(NCc1ccc2c(c1)OCO2)c1csc(-c2ccnc(N3CCOCC3)c2)n1. The van der Waals surface area contributed by atoms with Gasteiger partial charge >= 0.3 is 0 Å². The van der Waals surface area contributed by atoms with E-state index in [2.05, 4.69) is 20.2 Å². The first-order chi connectivity index (χ1) is 14.8. The first-order valence-electron chi connectivity index (χ1n) is 9.68. The molecule has 1 saturated heterocycles. The Labute approximate surface area is 177 Å². The van der Waals surface area contributed by atoms with Crippen LogP contribution in [0, 0.1) is 0 Å². The number of anilines is 1. The molecule has 0 bridgehead atoms. The number of pyridine rings is 1. The molecule has 3 aromatic rings. The molecule has 0 aliphatic carbocycles. The van der Waals surface area contributed by atoms with Gasteiger partial charge in [0, 0.05) is 36.8 Å². The van der Waals surface area contributed by atoms with Gasteiger partial charge in [-0.3, -0.25) is 4.79 Å². The molecule has 0 unspecified atom stereocenters. The van der Waals surface area contributed by atoms with E-state index in [-0.39, 0.29) is 12.7 Å². The molecule has 0 radical (unpaired) electrons. The highest BCUT2D eigenvalue weighted by molar-refractivity contribution is 7.13. The lowest BCUT2D eigenvalue weighted by Crippen LogP contribution is -2.36. The van der Waals surface area contributed by atoms with Crippen LogP contribution in [0.2, 0.25) is 0 Å². The van der Waals surface area contributed by atoms with E-state index < -0.39 is 0 Å². The Kier molecular flexibility index (Phi) is 5.20. The Morgan fingerprint density at radius 1 is 1.13 bits per heavy atom. The van der Waals surface area contributed by atoms with Crippen molar-refractivity contribution in [1.29, 1.82) is 0 Å². The summed E-state index contributed by atoms with van der Waals surface area (Å²) in [7, 11) is 0. The molecule has 1 N–H and O–H groups in total. The number of carbonyl (C=O) groups is 1. The number of nitrogens with zero attached hydrogens (tertiary/aromatic N) is 3. The van der Waals surface area contributed by atoms with Gasteiger partial charge in [-0.1, -0.05) is 6.07 Å². The molecule has 2 aromatic heterocycles. The van der Waals surface area contributed by atoms with Crippen LogP contribution in [0.5, 0.6) is 11.5 Å². The van der Waals surface area contributed by atoms with Crippen molar-refractivity contribution in [2.75, 3.05) is 38.0 Å². The Bertz CT molecular complexity index is 1060. The normalized spacial score (nSPS) is 15.3. The van der Waals surface area contributed by atoms with Crippen LogP contribution in [0.1, 0.15) is 16.1 Å². The van der Waals surface area contributed by atoms with Crippen molar-refractivity contribution in [3.8, 4) is 22.1 Å². The molecule has 0 saturated carbocycles. The molecule has 0 atom stereocenters. The number of hydrogen-bond donors (Lipinski definition) is 1.